The van der Waals surface area contributed by atoms with Crippen LogP contribution in [0, 0.1) is 0 Å². The number of aromatic nitrogens is 1. The van der Waals surface area contributed by atoms with E-state index >= 15 is 0 Å². The number of benzene rings is 2. The van der Waals surface area contributed by atoms with Crippen molar-refractivity contribution < 1.29 is 9.53 Å². The Morgan fingerprint density at radius 1 is 1.08 bits per heavy atom. The smallest absolute Gasteiger partial charge is 0.274 e. The predicted octanol–water partition coefficient (Wildman–Crippen LogP) is 3.98. The van der Waals surface area contributed by atoms with Crippen molar-refractivity contribution in [3.05, 3.63) is 65.3 Å². The van der Waals surface area contributed by atoms with Crippen molar-refractivity contribution in [3.63, 3.8) is 0 Å². The van der Waals surface area contributed by atoms with Crippen LogP contribution in [0.3, 0.4) is 0 Å². The molecule has 1 saturated heterocycles. The van der Waals surface area contributed by atoms with Crippen LogP contribution in [0.2, 0.25) is 5.02 Å². The Morgan fingerprint density at radius 3 is 2.73 bits per heavy atom. The monoisotopic (exact) mass is 367 g/mol. The summed E-state index contributed by atoms with van der Waals surface area (Å²) in [5.41, 5.74) is 2.78. The van der Waals surface area contributed by atoms with Gasteiger partial charge in [-0.2, -0.15) is 0 Å². The van der Waals surface area contributed by atoms with Crippen LogP contribution in [0.25, 0.3) is 10.9 Å². The Hall–Kier alpha value is -2.63. The molecule has 1 aromatic heterocycles. The molecule has 0 bridgehead atoms. The molecule has 1 fully saturated rings. The third-order valence-electron chi connectivity index (χ3n) is 4.39. The van der Waals surface area contributed by atoms with E-state index in [9.17, 15) is 4.79 Å². The Kier molecular flexibility index (Phi) is 4.73. The maximum Gasteiger partial charge on any atom is 0.274 e. The summed E-state index contributed by atoms with van der Waals surface area (Å²) in [7, 11) is 0. The lowest BCUT2D eigenvalue weighted by Crippen LogP contribution is -2.36. The highest BCUT2D eigenvalue weighted by atomic mass is 35.5. The molecule has 0 spiro atoms. The molecule has 26 heavy (non-hydrogen) atoms. The zero-order chi connectivity index (χ0) is 17.9. The van der Waals surface area contributed by atoms with E-state index in [1.165, 1.54) is 0 Å². The molecule has 0 aliphatic carbocycles. The number of carbonyl (C=O) groups excluding carboxylic acids is 1. The number of carbonyl (C=O) groups is 1. The first-order valence-electron chi connectivity index (χ1n) is 8.50. The fourth-order valence-corrected chi connectivity index (χ4v) is 3.24. The number of amides is 1. The summed E-state index contributed by atoms with van der Waals surface area (Å²) in [5, 5.41) is 4.53. The van der Waals surface area contributed by atoms with Gasteiger partial charge in [0.2, 0.25) is 0 Å². The van der Waals surface area contributed by atoms with E-state index in [2.05, 4.69) is 15.2 Å². The van der Waals surface area contributed by atoms with Crippen molar-refractivity contribution in [2.45, 2.75) is 0 Å². The topological polar surface area (TPSA) is 54.5 Å². The number of fused-ring (bicyclic) bond motifs is 1. The van der Waals surface area contributed by atoms with E-state index in [-0.39, 0.29) is 5.91 Å². The molecule has 2 heterocycles. The van der Waals surface area contributed by atoms with Crippen molar-refractivity contribution in [2.24, 2.45) is 0 Å². The van der Waals surface area contributed by atoms with Crippen LogP contribution in [0.1, 0.15) is 10.5 Å². The average Bonchev–Trinajstić information content (AvgIpc) is 2.68. The van der Waals surface area contributed by atoms with Gasteiger partial charge < -0.3 is 15.0 Å². The van der Waals surface area contributed by atoms with Gasteiger partial charge in [-0.15, -0.1) is 0 Å². The van der Waals surface area contributed by atoms with Crippen molar-refractivity contribution in [2.75, 3.05) is 36.5 Å². The number of ether oxygens (including phenoxy) is 1. The first-order valence-corrected chi connectivity index (χ1v) is 8.88. The lowest BCUT2D eigenvalue weighted by molar-refractivity contribution is 0.102. The summed E-state index contributed by atoms with van der Waals surface area (Å²) in [6.07, 6.45) is 0. The van der Waals surface area contributed by atoms with E-state index in [4.69, 9.17) is 16.3 Å². The van der Waals surface area contributed by atoms with Gasteiger partial charge >= 0.3 is 0 Å². The number of nitrogens with one attached hydrogen (secondary N) is 1. The number of nitrogens with zero attached hydrogens (tertiary/aromatic N) is 2. The number of hydrogen-bond acceptors (Lipinski definition) is 4. The second kappa shape index (κ2) is 7.32. The highest BCUT2D eigenvalue weighted by Crippen LogP contribution is 2.30. The molecule has 132 valence electrons. The third-order valence-corrected chi connectivity index (χ3v) is 4.62. The minimum atomic E-state index is -0.257. The van der Waals surface area contributed by atoms with Gasteiger partial charge in [-0.05, 0) is 30.3 Å². The normalized spacial score (nSPS) is 14.4. The zero-order valence-corrected chi connectivity index (χ0v) is 14.9. The SMILES string of the molecule is O=C(Nc1cc(Cl)ccc1N1CCOCC1)c1ccc2ccccc2n1. The van der Waals surface area contributed by atoms with Crippen molar-refractivity contribution in [1.29, 1.82) is 0 Å². The van der Waals surface area contributed by atoms with Crippen LogP contribution in [0.5, 0.6) is 0 Å². The summed E-state index contributed by atoms with van der Waals surface area (Å²) >= 11 is 6.15. The van der Waals surface area contributed by atoms with Crippen LogP contribution >= 0.6 is 11.6 Å². The van der Waals surface area contributed by atoms with Gasteiger partial charge in [0.25, 0.3) is 5.91 Å². The van der Waals surface area contributed by atoms with Gasteiger partial charge in [-0.1, -0.05) is 35.9 Å². The summed E-state index contributed by atoms with van der Waals surface area (Å²) < 4.78 is 5.41. The molecular weight excluding hydrogens is 350 g/mol. The summed E-state index contributed by atoms with van der Waals surface area (Å²) in [5.74, 6) is -0.257. The maximum absolute atomic E-state index is 12.7. The van der Waals surface area contributed by atoms with E-state index in [1.54, 1.807) is 12.1 Å². The largest absolute Gasteiger partial charge is 0.378 e. The summed E-state index contributed by atoms with van der Waals surface area (Å²) in [6, 6.07) is 16.9. The number of morpholine rings is 1. The van der Waals surface area contributed by atoms with Crippen molar-refractivity contribution >= 4 is 39.8 Å². The molecule has 6 heteroatoms. The molecule has 1 aliphatic rings. The predicted molar refractivity (Wildman–Crippen MR) is 104 cm³/mol. The minimum absolute atomic E-state index is 0.257. The van der Waals surface area contributed by atoms with Gasteiger partial charge in [-0.3, -0.25) is 4.79 Å². The van der Waals surface area contributed by atoms with Crippen LogP contribution in [-0.4, -0.2) is 37.2 Å². The number of halogens is 1. The first-order chi connectivity index (χ1) is 12.7. The van der Waals surface area contributed by atoms with Crippen LogP contribution < -0.4 is 10.2 Å². The summed E-state index contributed by atoms with van der Waals surface area (Å²) in [4.78, 5) is 19.4. The second-order valence-electron chi connectivity index (χ2n) is 6.10. The van der Waals surface area contributed by atoms with Crippen LogP contribution in [-0.2, 0) is 4.74 Å². The Bertz CT molecular complexity index is 955. The van der Waals surface area contributed by atoms with Crippen LogP contribution in [0.4, 0.5) is 11.4 Å². The van der Waals surface area contributed by atoms with Crippen molar-refractivity contribution in [3.8, 4) is 0 Å². The Balaban J connectivity index is 1.62. The fourth-order valence-electron chi connectivity index (χ4n) is 3.07. The maximum atomic E-state index is 12.7. The number of rotatable bonds is 3. The van der Waals surface area contributed by atoms with Gasteiger partial charge in [0, 0.05) is 23.5 Å². The fraction of sp³-hybridized carbons (Fsp3) is 0.200. The lowest BCUT2D eigenvalue weighted by Gasteiger charge is -2.30. The molecule has 0 unspecified atom stereocenters. The number of anilines is 2. The van der Waals surface area contributed by atoms with Gasteiger partial charge in [0.1, 0.15) is 5.69 Å². The average molecular weight is 368 g/mol. The molecule has 1 N–H and O–H groups in total. The molecule has 0 saturated carbocycles. The highest BCUT2D eigenvalue weighted by molar-refractivity contribution is 6.31. The first kappa shape index (κ1) is 16.8. The standard InChI is InChI=1S/C20H18ClN3O2/c21-15-6-8-19(24-9-11-26-12-10-24)18(13-15)23-20(25)17-7-5-14-3-1-2-4-16(14)22-17/h1-8,13H,9-12H2,(H,23,25). The molecule has 4 rings (SSSR count). The molecule has 5 nitrogen and oxygen atoms in total. The minimum Gasteiger partial charge on any atom is -0.378 e. The molecular formula is C20H18ClN3O2. The van der Waals surface area contributed by atoms with E-state index in [1.807, 2.05) is 42.5 Å². The summed E-state index contributed by atoms with van der Waals surface area (Å²) in [6.45, 7) is 2.89. The molecule has 3 aromatic rings. The quantitative estimate of drug-likeness (QED) is 0.760. The molecule has 1 aliphatic heterocycles. The molecule has 0 radical (unpaired) electrons. The van der Waals surface area contributed by atoms with Crippen molar-refractivity contribution in [1.82, 2.24) is 4.98 Å². The number of pyridine rings is 1. The Morgan fingerprint density at radius 2 is 1.88 bits per heavy atom. The third kappa shape index (κ3) is 3.49. The number of hydrogen-bond donors (Lipinski definition) is 1. The van der Waals surface area contributed by atoms with E-state index in [0.717, 1.165) is 29.7 Å². The van der Waals surface area contributed by atoms with Gasteiger partial charge in [0.05, 0.1) is 30.1 Å². The van der Waals surface area contributed by atoms with Gasteiger partial charge in [0.15, 0.2) is 0 Å². The molecule has 1 amide bonds. The van der Waals surface area contributed by atoms with Crippen LogP contribution in [0.15, 0.2) is 54.6 Å². The van der Waals surface area contributed by atoms with E-state index < -0.39 is 0 Å². The zero-order valence-electron chi connectivity index (χ0n) is 14.1. The lowest BCUT2D eigenvalue weighted by atomic mass is 10.2. The van der Waals surface area contributed by atoms with Gasteiger partial charge in [-0.25, -0.2) is 4.98 Å². The van der Waals surface area contributed by atoms with E-state index in [0.29, 0.717) is 29.6 Å². The highest BCUT2D eigenvalue weighted by Gasteiger charge is 2.17. The Labute approximate surface area is 156 Å². The molecule has 2 aromatic carbocycles. The second-order valence-corrected chi connectivity index (χ2v) is 6.54. The molecule has 0 atom stereocenters. The number of para-hydroxylation sites is 1.